The van der Waals surface area contributed by atoms with Crippen molar-refractivity contribution in [1.29, 1.82) is 0 Å². The number of phenols is 2. The predicted molar refractivity (Wildman–Crippen MR) is 69.1 cm³/mol. The number of benzene rings is 1. The Labute approximate surface area is 109 Å². The first kappa shape index (κ1) is 12.6. The molecule has 6 nitrogen and oxygen atoms in total. The molecular weight excluding hydrogens is 246 g/mol. The molecule has 3 N–H and O–H groups in total. The molecule has 0 atom stereocenters. The number of aromatic hydroxyl groups is 2. The Morgan fingerprint density at radius 1 is 1.26 bits per heavy atom. The lowest BCUT2D eigenvalue weighted by molar-refractivity contribution is 0.0950. The van der Waals surface area contributed by atoms with E-state index in [9.17, 15) is 9.90 Å². The second-order valence-electron chi connectivity index (χ2n) is 3.66. The van der Waals surface area contributed by atoms with Crippen LogP contribution in [0, 0.1) is 0 Å². The Hall–Kier alpha value is -2.89. The third kappa shape index (κ3) is 3.29. The maximum Gasteiger partial charge on any atom is 0.289 e. The van der Waals surface area contributed by atoms with Crippen LogP contribution in [0.25, 0.3) is 0 Å². The predicted octanol–water partition coefficient (Wildman–Crippen LogP) is 1.26. The summed E-state index contributed by atoms with van der Waals surface area (Å²) in [6.45, 7) is 0. The summed E-state index contributed by atoms with van der Waals surface area (Å²) >= 11 is 0. The number of pyridine rings is 1. The van der Waals surface area contributed by atoms with Crippen LogP contribution in [0.4, 0.5) is 0 Å². The molecular formula is C13H11N3O3. The van der Waals surface area contributed by atoms with Crippen molar-refractivity contribution in [3.05, 3.63) is 53.9 Å². The molecule has 2 rings (SSSR count). The van der Waals surface area contributed by atoms with Gasteiger partial charge in [-0.15, -0.1) is 0 Å². The smallest absolute Gasteiger partial charge is 0.289 e. The number of carbonyl (C=O) groups excluding carboxylic acids is 1. The van der Waals surface area contributed by atoms with Crippen molar-refractivity contribution in [2.24, 2.45) is 5.10 Å². The van der Waals surface area contributed by atoms with Crippen LogP contribution in [-0.4, -0.2) is 27.3 Å². The summed E-state index contributed by atoms with van der Waals surface area (Å²) in [4.78, 5) is 15.4. The monoisotopic (exact) mass is 257 g/mol. The highest BCUT2D eigenvalue weighted by atomic mass is 16.3. The van der Waals surface area contributed by atoms with Crippen molar-refractivity contribution in [2.45, 2.75) is 0 Å². The summed E-state index contributed by atoms with van der Waals surface area (Å²) < 4.78 is 0. The molecule has 0 saturated heterocycles. The largest absolute Gasteiger partial charge is 0.508 e. The van der Waals surface area contributed by atoms with Gasteiger partial charge in [0.15, 0.2) is 0 Å². The second kappa shape index (κ2) is 5.63. The number of nitrogens with zero attached hydrogens (tertiary/aromatic N) is 2. The average molecular weight is 257 g/mol. The van der Waals surface area contributed by atoms with E-state index < -0.39 is 5.91 Å². The lowest BCUT2D eigenvalue weighted by atomic mass is 10.2. The van der Waals surface area contributed by atoms with Crippen LogP contribution >= 0.6 is 0 Å². The zero-order chi connectivity index (χ0) is 13.7. The molecule has 96 valence electrons. The van der Waals surface area contributed by atoms with Gasteiger partial charge in [0.1, 0.15) is 17.2 Å². The van der Waals surface area contributed by atoms with Gasteiger partial charge in [-0.2, -0.15) is 5.10 Å². The second-order valence-corrected chi connectivity index (χ2v) is 3.66. The van der Waals surface area contributed by atoms with Crippen LogP contribution in [0.1, 0.15) is 16.1 Å². The van der Waals surface area contributed by atoms with E-state index in [-0.39, 0.29) is 17.2 Å². The highest BCUT2D eigenvalue weighted by molar-refractivity contribution is 5.93. The molecule has 0 fully saturated rings. The van der Waals surface area contributed by atoms with Crippen molar-refractivity contribution in [3.8, 4) is 11.5 Å². The molecule has 0 aliphatic heterocycles. The number of aromatic nitrogens is 1. The van der Waals surface area contributed by atoms with E-state index in [0.717, 1.165) is 0 Å². The third-order valence-corrected chi connectivity index (χ3v) is 2.28. The first-order valence-electron chi connectivity index (χ1n) is 5.43. The molecule has 6 heteroatoms. The number of rotatable bonds is 3. The van der Waals surface area contributed by atoms with Gasteiger partial charge in [0.25, 0.3) is 5.91 Å². The van der Waals surface area contributed by atoms with E-state index in [4.69, 9.17) is 5.11 Å². The zero-order valence-electron chi connectivity index (χ0n) is 9.82. The lowest BCUT2D eigenvalue weighted by Gasteiger charge is -2.00. The number of hydrogen-bond acceptors (Lipinski definition) is 5. The Morgan fingerprint density at radius 3 is 2.79 bits per heavy atom. The molecule has 2 aromatic rings. The maximum absolute atomic E-state index is 11.6. The molecule has 1 amide bonds. The highest BCUT2D eigenvalue weighted by Crippen LogP contribution is 2.20. The van der Waals surface area contributed by atoms with Crippen LogP contribution < -0.4 is 5.43 Å². The van der Waals surface area contributed by atoms with Gasteiger partial charge in [-0.1, -0.05) is 6.07 Å². The summed E-state index contributed by atoms with van der Waals surface area (Å²) in [6, 6.07) is 9.01. The normalized spacial score (nSPS) is 10.5. The molecule has 0 unspecified atom stereocenters. The van der Waals surface area contributed by atoms with Gasteiger partial charge in [-0.3, -0.25) is 9.78 Å². The van der Waals surface area contributed by atoms with E-state index in [0.29, 0.717) is 5.56 Å². The fourth-order valence-corrected chi connectivity index (χ4v) is 1.36. The van der Waals surface area contributed by atoms with Gasteiger partial charge in [0.05, 0.1) is 6.21 Å². The number of carbonyl (C=O) groups is 1. The number of phenolic OH excluding ortho intramolecular Hbond substituents is 2. The number of hydrazone groups is 1. The first-order chi connectivity index (χ1) is 9.16. The topological polar surface area (TPSA) is 94.8 Å². The number of amides is 1. The van der Waals surface area contributed by atoms with Gasteiger partial charge < -0.3 is 10.2 Å². The summed E-state index contributed by atoms with van der Waals surface area (Å²) in [5, 5.41) is 22.3. The molecule has 0 radical (unpaired) electrons. The van der Waals surface area contributed by atoms with Gasteiger partial charge in [-0.05, 0) is 24.3 Å². The van der Waals surface area contributed by atoms with Gasteiger partial charge in [0, 0.05) is 17.8 Å². The van der Waals surface area contributed by atoms with E-state index in [1.807, 2.05) is 0 Å². The summed E-state index contributed by atoms with van der Waals surface area (Å²) in [6.07, 6.45) is 2.78. The van der Waals surface area contributed by atoms with Crippen molar-refractivity contribution in [3.63, 3.8) is 0 Å². The Bertz CT molecular complexity index is 612. The lowest BCUT2D eigenvalue weighted by Crippen LogP contribution is -2.18. The Balaban J connectivity index is 2.02. The van der Waals surface area contributed by atoms with E-state index in [1.54, 1.807) is 18.2 Å². The third-order valence-electron chi connectivity index (χ3n) is 2.28. The van der Waals surface area contributed by atoms with Crippen molar-refractivity contribution < 1.29 is 15.0 Å². The Kier molecular flexibility index (Phi) is 3.72. The van der Waals surface area contributed by atoms with E-state index >= 15 is 0 Å². The minimum Gasteiger partial charge on any atom is -0.508 e. The minimum absolute atomic E-state index is 0.0489. The molecule has 0 bridgehead atoms. The van der Waals surface area contributed by atoms with E-state index in [1.165, 1.54) is 30.6 Å². The Morgan fingerprint density at radius 2 is 2.11 bits per heavy atom. The van der Waals surface area contributed by atoms with Crippen molar-refractivity contribution in [2.75, 3.05) is 0 Å². The fourth-order valence-electron chi connectivity index (χ4n) is 1.36. The zero-order valence-corrected chi connectivity index (χ0v) is 9.82. The first-order valence-corrected chi connectivity index (χ1v) is 5.43. The van der Waals surface area contributed by atoms with E-state index in [2.05, 4.69) is 15.5 Å². The average Bonchev–Trinajstić information content (AvgIpc) is 2.42. The van der Waals surface area contributed by atoms with Gasteiger partial charge in [0.2, 0.25) is 0 Å². The molecule has 0 aliphatic carbocycles. The summed E-state index contributed by atoms with van der Waals surface area (Å²) in [5.41, 5.74) is 2.90. The summed E-state index contributed by atoms with van der Waals surface area (Å²) in [7, 11) is 0. The molecule has 1 aromatic heterocycles. The summed E-state index contributed by atoms with van der Waals surface area (Å²) in [5.74, 6) is -0.627. The SMILES string of the molecule is O=C(NN=Cc1ccc(O)cc1O)c1ccccn1. The van der Waals surface area contributed by atoms with Crippen molar-refractivity contribution >= 4 is 12.1 Å². The minimum atomic E-state index is -0.449. The van der Waals surface area contributed by atoms with Gasteiger partial charge in [-0.25, -0.2) is 5.43 Å². The standard InChI is InChI=1S/C13H11N3O3/c17-10-5-4-9(12(18)7-10)8-15-16-13(19)11-3-1-2-6-14-11/h1-8,17-18H,(H,16,19). The number of hydrogen-bond donors (Lipinski definition) is 3. The van der Waals surface area contributed by atoms with Crippen LogP contribution in [0.2, 0.25) is 0 Å². The molecule has 0 spiro atoms. The molecule has 19 heavy (non-hydrogen) atoms. The molecule has 1 heterocycles. The molecule has 1 aromatic carbocycles. The molecule has 0 saturated carbocycles. The van der Waals surface area contributed by atoms with Gasteiger partial charge >= 0.3 is 0 Å². The van der Waals surface area contributed by atoms with Crippen LogP contribution in [0.3, 0.4) is 0 Å². The fraction of sp³-hybridized carbons (Fsp3) is 0. The van der Waals surface area contributed by atoms with Crippen molar-refractivity contribution in [1.82, 2.24) is 10.4 Å². The highest BCUT2D eigenvalue weighted by Gasteiger charge is 2.04. The van der Waals surface area contributed by atoms with Crippen LogP contribution in [0.5, 0.6) is 11.5 Å². The quantitative estimate of drug-likeness (QED) is 0.569. The number of nitrogens with one attached hydrogen (secondary N) is 1. The maximum atomic E-state index is 11.6. The van der Waals surface area contributed by atoms with Crippen LogP contribution in [0.15, 0.2) is 47.7 Å². The van der Waals surface area contributed by atoms with Crippen LogP contribution in [-0.2, 0) is 0 Å². The molecule has 0 aliphatic rings.